The van der Waals surface area contributed by atoms with E-state index in [0.29, 0.717) is 22.3 Å². The Morgan fingerprint density at radius 2 is 2.17 bits per heavy atom. The molecule has 0 spiro atoms. The number of carbonyl (C=O) groups excluding carboxylic acids is 1. The smallest absolute Gasteiger partial charge is 0.292 e. The summed E-state index contributed by atoms with van der Waals surface area (Å²) in [5, 5.41) is 19.7. The van der Waals surface area contributed by atoms with Gasteiger partial charge in [-0.15, -0.1) is 16.4 Å². The number of nitrogens with one attached hydrogen (secondary N) is 1. The normalized spacial score (nSPS) is 15.2. The second kappa shape index (κ2) is 8.27. The summed E-state index contributed by atoms with van der Waals surface area (Å²) in [6.45, 7) is 4.15. The van der Waals surface area contributed by atoms with Crippen LogP contribution in [0.15, 0.2) is 21.9 Å². The van der Waals surface area contributed by atoms with Crippen LogP contribution >= 0.6 is 22.9 Å². The zero-order valence-corrected chi connectivity index (χ0v) is 17.1. The molecule has 4 heterocycles. The highest BCUT2D eigenvalue weighted by Crippen LogP contribution is 2.22. The summed E-state index contributed by atoms with van der Waals surface area (Å²) < 4.78 is 6.51. The number of anilines is 1. The second-order valence-electron chi connectivity index (χ2n) is 6.49. The summed E-state index contributed by atoms with van der Waals surface area (Å²) in [6, 6.07) is 3.61. The van der Waals surface area contributed by atoms with Crippen molar-refractivity contribution in [3.8, 4) is 5.82 Å². The van der Waals surface area contributed by atoms with Gasteiger partial charge in [0.05, 0.1) is 14.9 Å². The van der Waals surface area contributed by atoms with Crippen LogP contribution < -0.4 is 11.2 Å². The molecule has 3 N–H and O–H groups in total. The van der Waals surface area contributed by atoms with E-state index in [1.165, 1.54) is 16.0 Å². The van der Waals surface area contributed by atoms with E-state index in [0.717, 1.165) is 30.8 Å². The topological polar surface area (TPSA) is 140 Å². The maximum absolute atomic E-state index is 13.0. The number of hydrogen-bond donors (Lipinski definition) is 2. The van der Waals surface area contributed by atoms with Gasteiger partial charge in [-0.3, -0.25) is 9.69 Å². The van der Waals surface area contributed by atoms with Crippen molar-refractivity contribution in [2.24, 2.45) is 5.10 Å². The lowest BCUT2D eigenvalue weighted by Gasteiger charge is -2.13. The molecule has 0 unspecified atom stereocenters. The molecule has 1 amide bonds. The van der Waals surface area contributed by atoms with E-state index >= 15 is 0 Å². The number of hydrogen-bond acceptors (Lipinski definition) is 10. The van der Waals surface area contributed by atoms with Gasteiger partial charge in [0.25, 0.3) is 5.91 Å². The fraction of sp³-hybridized carbons (Fsp3) is 0.375. The number of likely N-dealkylation sites (tertiary alicyclic amines) is 1. The number of hydrazone groups is 1. The Balaban J connectivity index is 1.63. The van der Waals surface area contributed by atoms with Gasteiger partial charge in [0, 0.05) is 6.54 Å². The van der Waals surface area contributed by atoms with E-state index in [-0.39, 0.29) is 17.3 Å². The average Bonchev–Trinajstić information content (AvgIpc) is 3.48. The van der Waals surface area contributed by atoms with Crippen LogP contribution in [0.4, 0.5) is 5.82 Å². The molecule has 1 aliphatic heterocycles. The van der Waals surface area contributed by atoms with Gasteiger partial charge in [0.1, 0.15) is 5.69 Å². The van der Waals surface area contributed by atoms with Crippen LogP contribution in [-0.2, 0) is 6.54 Å². The number of nitrogen functional groups attached to an aromatic ring is 1. The van der Waals surface area contributed by atoms with E-state index in [2.05, 4.69) is 40.7 Å². The predicted molar refractivity (Wildman–Crippen MR) is 107 cm³/mol. The maximum Gasteiger partial charge on any atom is 0.292 e. The van der Waals surface area contributed by atoms with Crippen molar-refractivity contribution in [1.29, 1.82) is 0 Å². The number of rotatable bonds is 6. The monoisotopic (exact) mass is 435 g/mol. The minimum Gasteiger partial charge on any atom is -0.378 e. The molecule has 0 atom stereocenters. The van der Waals surface area contributed by atoms with Crippen molar-refractivity contribution < 1.29 is 9.42 Å². The number of amides is 1. The number of halogens is 1. The molecule has 0 aliphatic carbocycles. The third-order valence-electron chi connectivity index (χ3n) is 4.48. The molecule has 1 saturated heterocycles. The standard InChI is InChI=1S/C16H18ClN9O2S/c1-9(11-4-5-12(17)29-11)19-21-16(27)13-10(8-25-6-2-3-7-25)20-24-26(13)15-14(18)22-28-23-15/h4-5H,2-3,6-8H2,1H3,(H2,18,22)(H,21,27)/b19-9+. The molecule has 0 aromatic carbocycles. The minimum absolute atomic E-state index is 0.00424. The summed E-state index contributed by atoms with van der Waals surface area (Å²) in [4.78, 5) is 16.0. The highest BCUT2D eigenvalue weighted by atomic mass is 35.5. The molecule has 3 aromatic rings. The van der Waals surface area contributed by atoms with Crippen molar-refractivity contribution in [3.05, 3.63) is 32.7 Å². The Bertz CT molecular complexity index is 1050. The van der Waals surface area contributed by atoms with Crippen LogP contribution in [0.5, 0.6) is 0 Å². The number of carbonyl (C=O) groups is 1. The van der Waals surface area contributed by atoms with Crippen LogP contribution in [0.1, 0.15) is 40.8 Å². The first-order valence-electron chi connectivity index (χ1n) is 8.88. The Kier molecular flexibility index (Phi) is 5.56. The van der Waals surface area contributed by atoms with Crippen molar-refractivity contribution in [1.82, 2.24) is 35.6 Å². The van der Waals surface area contributed by atoms with Gasteiger partial charge >= 0.3 is 0 Å². The molecule has 11 nitrogen and oxygen atoms in total. The Labute approximate surface area is 174 Å². The van der Waals surface area contributed by atoms with Crippen LogP contribution in [-0.4, -0.2) is 54.9 Å². The van der Waals surface area contributed by atoms with Crippen molar-refractivity contribution >= 4 is 40.4 Å². The molecule has 3 aromatic heterocycles. The van der Waals surface area contributed by atoms with Crippen LogP contribution in [0.25, 0.3) is 5.82 Å². The summed E-state index contributed by atoms with van der Waals surface area (Å²) in [6.07, 6.45) is 2.23. The lowest BCUT2D eigenvalue weighted by atomic mass is 10.2. The number of aromatic nitrogens is 5. The van der Waals surface area contributed by atoms with E-state index < -0.39 is 5.91 Å². The zero-order valence-electron chi connectivity index (χ0n) is 15.5. The first-order chi connectivity index (χ1) is 14.0. The summed E-state index contributed by atoms with van der Waals surface area (Å²) in [5.41, 5.74) is 9.63. The van der Waals surface area contributed by atoms with Crippen LogP contribution in [0.2, 0.25) is 4.34 Å². The third kappa shape index (κ3) is 4.13. The SMILES string of the molecule is C/C(=N\NC(=O)c1c(CN2CCCC2)nnn1-c1nonc1N)c1ccc(Cl)s1. The molecule has 0 bridgehead atoms. The highest BCUT2D eigenvalue weighted by molar-refractivity contribution is 7.18. The summed E-state index contributed by atoms with van der Waals surface area (Å²) >= 11 is 7.33. The first kappa shape index (κ1) is 19.5. The Hall–Kier alpha value is -2.83. The molecule has 1 fully saturated rings. The van der Waals surface area contributed by atoms with E-state index in [1.807, 2.05) is 6.07 Å². The highest BCUT2D eigenvalue weighted by Gasteiger charge is 2.27. The van der Waals surface area contributed by atoms with Gasteiger partial charge in [0.2, 0.25) is 11.6 Å². The molecule has 0 radical (unpaired) electrons. The summed E-state index contributed by atoms with van der Waals surface area (Å²) in [7, 11) is 0. The summed E-state index contributed by atoms with van der Waals surface area (Å²) in [5.74, 6) is -0.390. The number of thiophene rings is 1. The van der Waals surface area contributed by atoms with Crippen LogP contribution in [0, 0.1) is 0 Å². The quantitative estimate of drug-likeness (QED) is 0.440. The fourth-order valence-electron chi connectivity index (χ4n) is 3.04. The molecule has 13 heteroatoms. The van der Waals surface area contributed by atoms with Crippen LogP contribution in [0.3, 0.4) is 0 Å². The molecule has 29 heavy (non-hydrogen) atoms. The van der Waals surface area contributed by atoms with Crippen molar-refractivity contribution in [3.63, 3.8) is 0 Å². The third-order valence-corrected chi connectivity index (χ3v) is 5.82. The van der Waals surface area contributed by atoms with E-state index in [1.54, 1.807) is 13.0 Å². The lowest BCUT2D eigenvalue weighted by Crippen LogP contribution is -2.26. The largest absolute Gasteiger partial charge is 0.378 e. The second-order valence-corrected chi connectivity index (χ2v) is 8.21. The fourth-order valence-corrected chi connectivity index (χ4v) is 4.02. The zero-order chi connectivity index (χ0) is 20.4. The van der Waals surface area contributed by atoms with E-state index in [4.69, 9.17) is 17.3 Å². The molecular formula is C16H18ClN9O2S. The lowest BCUT2D eigenvalue weighted by molar-refractivity contribution is 0.0945. The molecule has 4 rings (SSSR count). The van der Waals surface area contributed by atoms with Gasteiger partial charge in [-0.2, -0.15) is 9.78 Å². The predicted octanol–water partition coefficient (Wildman–Crippen LogP) is 1.70. The Morgan fingerprint density at radius 1 is 1.38 bits per heavy atom. The van der Waals surface area contributed by atoms with Gasteiger partial charge in [-0.25, -0.2) is 10.1 Å². The van der Waals surface area contributed by atoms with Crippen molar-refractivity contribution in [2.75, 3.05) is 18.8 Å². The number of nitrogens with two attached hydrogens (primary N) is 1. The van der Waals surface area contributed by atoms with Gasteiger partial charge in [0.15, 0.2) is 5.69 Å². The first-order valence-corrected chi connectivity index (χ1v) is 10.1. The minimum atomic E-state index is -0.492. The van der Waals surface area contributed by atoms with E-state index in [9.17, 15) is 4.79 Å². The van der Waals surface area contributed by atoms with Gasteiger partial charge < -0.3 is 5.73 Å². The maximum atomic E-state index is 13.0. The van der Waals surface area contributed by atoms with Gasteiger partial charge in [-0.05, 0) is 55.3 Å². The molecular weight excluding hydrogens is 418 g/mol. The molecule has 1 aliphatic rings. The number of nitrogens with zero attached hydrogens (tertiary/aromatic N) is 7. The van der Waals surface area contributed by atoms with Gasteiger partial charge in [-0.1, -0.05) is 16.8 Å². The average molecular weight is 436 g/mol. The van der Waals surface area contributed by atoms with Crippen molar-refractivity contribution in [2.45, 2.75) is 26.3 Å². The Morgan fingerprint density at radius 3 is 2.83 bits per heavy atom. The molecule has 0 saturated carbocycles. The molecule has 152 valence electrons.